The van der Waals surface area contributed by atoms with Gasteiger partial charge in [0, 0.05) is 43.3 Å². The van der Waals surface area contributed by atoms with Crippen LogP contribution in [0, 0.1) is 6.92 Å². The maximum absolute atomic E-state index is 12.4. The van der Waals surface area contributed by atoms with E-state index >= 15 is 0 Å². The Morgan fingerprint density at radius 3 is 2.61 bits per heavy atom. The number of fused-ring (bicyclic) bond motifs is 1. The number of rotatable bonds is 7. The summed E-state index contributed by atoms with van der Waals surface area (Å²) in [6, 6.07) is 10.7. The van der Waals surface area contributed by atoms with Crippen LogP contribution in [0.25, 0.3) is 10.9 Å². The second-order valence-electron chi connectivity index (χ2n) is 7.99. The Hall–Kier alpha value is -3.10. The molecule has 1 aliphatic rings. The summed E-state index contributed by atoms with van der Waals surface area (Å²) >= 11 is 6.21. The average molecular weight is 470 g/mol. The lowest BCUT2D eigenvalue weighted by Gasteiger charge is -2.32. The molecular weight excluding hydrogens is 442 g/mol. The van der Waals surface area contributed by atoms with Crippen molar-refractivity contribution in [3.63, 3.8) is 0 Å². The number of aromatic nitrogens is 2. The van der Waals surface area contributed by atoms with E-state index in [0.717, 1.165) is 48.7 Å². The molecule has 0 spiro atoms. The summed E-state index contributed by atoms with van der Waals surface area (Å²) in [5, 5.41) is 4.16. The van der Waals surface area contributed by atoms with Gasteiger partial charge in [-0.2, -0.15) is 0 Å². The van der Waals surface area contributed by atoms with E-state index in [1.165, 1.54) is 0 Å². The molecule has 0 radical (unpaired) electrons. The van der Waals surface area contributed by atoms with E-state index in [2.05, 4.69) is 22.2 Å². The third-order valence-corrected chi connectivity index (χ3v) is 5.81. The number of anilines is 2. The van der Waals surface area contributed by atoms with Gasteiger partial charge in [0.15, 0.2) is 6.61 Å². The third-order valence-electron chi connectivity index (χ3n) is 5.52. The molecule has 1 amide bonds. The summed E-state index contributed by atoms with van der Waals surface area (Å²) < 4.78 is 11.0. The van der Waals surface area contributed by atoms with Gasteiger partial charge in [0.05, 0.1) is 22.8 Å². The predicted molar refractivity (Wildman–Crippen MR) is 131 cm³/mol. The minimum absolute atomic E-state index is 0.163. The summed E-state index contributed by atoms with van der Waals surface area (Å²) in [6.07, 6.45) is 0. The first-order valence-electron chi connectivity index (χ1n) is 11.0. The summed E-state index contributed by atoms with van der Waals surface area (Å²) in [5.41, 5.74) is 2.39. The SMILES string of the molecule is CCOc1ccc(OCC(=O)Nc2ccc3nc(N4CCN(C)CC4)nc(C)c3c2)c(Cl)c1. The number of nitrogens with one attached hydrogen (secondary N) is 1. The summed E-state index contributed by atoms with van der Waals surface area (Å²) in [7, 11) is 2.12. The lowest BCUT2D eigenvalue weighted by Crippen LogP contribution is -2.45. The van der Waals surface area contributed by atoms with Crippen LogP contribution in [0.2, 0.25) is 5.02 Å². The van der Waals surface area contributed by atoms with Crippen LogP contribution >= 0.6 is 11.6 Å². The Balaban J connectivity index is 1.41. The third kappa shape index (κ3) is 5.64. The van der Waals surface area contributed by atoms with Crippen molar-refractivity contribution >= 4 is 40.0 Å². The second-order valence-corrected chi connectivity index (χ2v) is 8.40. The van der Waals surface area contributed by atoms with Crippen molar-refractivity contribution in [2.24, 2.45) is 0 Å². The molecule has 174 valence electrons. The molecule has 0 bridgehead atoms. The number of likely N-dealkylation sites (N-methyl/N-ethyl adjacent to an activating group) is 1. The van der Waals surface area contributed by atoms with E-state index in [-0.39, 0.29) is 12.5 Å². The second kappa shape index (κ2) is 10.2. The summed E-state index contributed by atoms with van der Waals surface area (Å²) in [4.78, 5) is 26.4. The van der Waals surface area contributed by atoms with E-state index in [1.807, 2.05) is 32.0 Å². The van der Waals surface area contributed by atoms with Gasteiger partial charge in [-0.25, -0.2) is 9.97 Å². The fourth-order valence-corrected chi connectivity index (χ4v) is 3.91. The predicted octanol–water partition coefficient (Wildman–Crippen LogP) is 3.76. The Morgan fingerprint density at radius 1 is 1.09 bits per heavy atom. The van der Waals surface area contributed by atoms with Gasteiger partial charge in [-0.15, -0.1) is 0 Å². The fourth-order valence-electron chi connectivity index (χ4n) is 3.69. The number of ether oxygens (including phenoxy) is 2. The van der Waals surface area contributed by atoms with Crippen molar-refractivity contribution in [2.75, 3.05) is 56.7 Å². The Morgan fingerprint density at radius 2 is 1.88 bits per heavy atom. The molecule has 1 fully saturated rings. The highest BCUT2D eigenvalue weighted by atomic mass is 35.5. The van der Waals surface area contributed by atoms with E-state index in [0.29, 0.717) is 28.8 Å². The number of nitrogens with zero attached hydrogens (tertiary/aromatic N) is 4. The molecule has 0 unspecified atom stereocenters. The topological polar surface area (TPSA) is 79.8 Å². The van der Waals surface area contributed by atoms with Crippen molar-refractivity contribution in [1.29, 1.82) is 0 Å². The molecule has 1 aromatic heterocycles. The van der Waals surface area contributed by atoms with Crippen LogP contribution in [-0.2, 0) is 4.79 Å². The van der Waals surface area contributed by atoms with E-state index in [9.17, 15) is 4.79 Å². The Bertz CT molecular complexity index is 1150. The zero-order chi connectivity index (χ0) is 23.4. The normalized spacial score (nSPS) is 14.4. The van der Waals surface area contributed by atoms with Crippen molar-refractivity contribution in [2.45, 2.75) is 13.8 Å². The van der Waals surface area contributed by atoms with Crippen LogP contribution in [0.3, 0.4) is 0 Å². The van der Waals surface area contributed by atoms with Crippen LogP contribution in [0.5, 0.6) is 11.5 Å². The van der Waals surface area contributed by atoms with Gasteiger partial charge in [0.1, 0.15) is 11.5 Å². The molecule has 0 aliphatic carbocycles. The molecule has 2 aromatic carbocycles. The molecule has 3 aromatic rings. The van der Waals surface area contributed by atoms with Gasteiger partial charge < -0.3 is 24.6 Å². The molecule has 1 aliphatic heterocycles. The maximum atomic E-state index is 12.4. The quantitative estimate of drug-likeness (QED) is 0.564. The number of benzene rings is 2. The first-order valence-corrected chi connectivity index (χ1v) is 11.4. The van der Waals surface area contributed by atoms with Gasteiger partial charge in [-0.3, -0.25) is 4.79 Å². The minimum Gasteiger partial charge on any atom is -0.494 e. The number of aryl methyl sites for hydroxylation is 1. The van der Waals surface area contributed by atoms with Gasteiger partial charge in [0.25, 0.3) is 5.91 Å². The van der Waals surface area contributed by atoms with E-state index < -0.39 is 0 Å². The Labute approximate surface area is 198 Å². The first-order chi connectivity index (χ1) is 15.9. The van der Waals surface area contributed by atoms with Crippen LogP contribution in [-0.4, -0.2) is 67.2 Å². The van der Waals surface area contributed by atoms with Gasteiger partial charge in [-0.05, 0) is 51.2 Å². The van der Waals surface area contributed by atoms with Gasteiger partial charge in [0.2, 0.25) is 5.95 Å². The number of carbonyl (C=O) groups excluding carboxylic acids is 1. The van der Waals surface area contributed by atoms with Crippen LogP contribution in [0.1, 0.15) is 12.6 Å². The number of hydrogen-bond donors (Lipinski definition) is 1. The molecule has 1 saturated heterocycles. The number of halogens is 1. The van der Waals surface area contributed by atoms with Crippen molar-refractivity contribution in [3.8, 4) is 11.5 Å². The zero-order valence-electron chi connectivity index (χ0n) is 19.1. The van der Waals surface area contributed by atoms with Gasteiger partial charge >= 0.3 is 0 Å². The highest BCUT2D eigenvalue weighted by Crippen LogP contribution is 2.29. The molecule has 1 N–H and O–H groups in total. The van der Waals surface area contributed by atoms with E-state index in [1.54, 1.807) is 18.2 Å². The standard InChI is InChI=1S/C24H28ClN5O3/c1-4-32-18-6-8-22(20(25)14-18)33-15-23(31)27-17-5-7-21-19(13-17)16(2)26-24(28-21)30-11-9-29(3)10-12-30/h5-8,13-14H,4,9-12,15H2,1-3H3,(H,27,31). The molecule has 0 saturated carbocycles. The van der Waals surface area contributed by atoms with E-state index in [4.69, 9.17) is 31.0 Å². The highest BCUT2D eigenvalue weighted by Gasteiger charge is 2.18. The number of hydrogen-bond acceptors (Lipinski definition) is 7. The highest BCUT2D eigenvalue weighted by molar-refractivity contribution is 6.32. The van der Waals surface area contributed by atoms with Crippen molar-refractivity contribution < 1.29 is 14.3 Å². The maximum Gasteiger partial charge on any atom is 0.262 e. The van der Waals surface area contributed by atoms with Crippen LogP contribution in [0.4, 0.5) is 11.6 Å². The van der Waals surface area contributed by atoms with Crippen molar-refractivity contribution in [1.82, 2.24) is 14.9 Å². The lowest BCUT2D eigenvalue weighted by molar-refractivity contribution is -0.118. The largest absolute Gasteiger partial charge is 0.494 e. The zero-order valence-corrected chi connectivity index (χ0v) is 19.9. The molecule has 9 heteroatoms. The molecular formula is C24H28ClN5O3. The van der Waals surface area contributed by atoms with Crippen molar-refractivity contribution in [3.05, 3.63) is 47.1 Å². The minimum atomic E-state index is -0.285. The first kappa shape index (κ1) is 23.1. The molecule has 8 nitrogen and oxygen atoms in total. The summed E-state index contributed by atoms with van der Waals surface area (Å²) in [5.74, 6) is 1.55. The smallest absolute Gasteiger partial charge is 0.262 e. The summed E-state index contributed by atoms with van der Waals surface area (Å²) in [6.45, 7) is 8.06. The molecule has 0 atom stereocenters. The van der Waals surface area contributed by atoms with Crippen LogP contribution in [0.15, 0.2) is 36.4 Å². The number of piperazine rings is 1. The molecule has 4 rings (SSSR count). The Kier molecular flexibility index (Phi) is 7.15. The average Bonchev–Trinajstić information content (AvgIpc) is 2.79. The number of carbonyl (C=O) groups is 1. The molecule has 33 heavy (non-hydrogen) atoms. The fraction of sp³-hybridized carbons (Fsp3) is 0.375. The molecule has 2 heterocycles. The monoisotopic (exact) mass is 469 g/mol. The van der Waals surface area contributed by atoms with Gasteiger partial charge in [-0.1, -0.05) is 11.6 Å². The lowest BCUT2D eigenvalue weighted by atomic mass is 10.1. The van der Waals surface area contributed by atoms with Crippen LogP contribution < -0.4 is 19.7 Å². The number of amides is 1.